The van der Waals surface area contributed by atoms with Crippen molar-refractivity contribution in [1.82, 2.24) is 15.1 Å². The van der Waals surface area contributed by atoms with Crippen molar-refractivity contribution in [3.8, 4) is 0 Å². The molecule has 0 saturated carbocycles. The first-order valence-electron chi connectivity index (χ1n) is 13.6. The normalized spacial score (nSPS) is 18.5. The van der Waals surface area contributed by atoms with E-state index in [1.54, 1.807) is 29.2 Å². The van der Waals surface area contributed by atoms with E-state index in [1.807, 2.05) is 65.6 Å². The second kappa shape index (κ2) is 11.4. The number of amides is 2. The third-order valence-corrected chi connectivity index (χ3v) is 7.79. The number of benzene rings is 3. The third kappa shape index (κ3) is 5.59. The Morgan fingerprint density at radius 3 is 2.05 bits per heavy atom. The average Bonchev–Trinajstić information content (AvgIpc) is 3.23. The van der Waals surface area contributed by atoms with Crippen molar-refractivity contribution in [2.24, 2.45) is 5.92 Å². The van der Waals surface area contributed by atoms with E-state index >= 15 is 0 Å². The highest BCUT2D eigenvalue weighted by atomic mass is 16.5. The Morgan fingerprint density at radius 2 is 1.44 bits per heavy atom. The number of likely N-dealkylation sites (tertiary alicyclic amines) is 1. The van der Waals surface area contributed by atoms with E-state index in [2.05, 4.69) is 19.2 Å². The summed E-state index contributed by atoms with van der Waals surface area (Å²) in [6.45, 7) is 5.73. The number of esters is 1. The second-order valence-electron chi connectivity index (χ2n) is 10.7. The zero-order chi connectivity index (χ0) is 27.4. The van der Waals surface area contributed by atoms with Gasteiger partial charge in [0.25, 0.3) is 5.91 Å². The molecule has 7 nitrogen and oxygen atoms in total. The number of rotatable bonds is 7. The first kappa shape index (κ1) is 26.6. The highest BCUT2D eigenvalue weighted by molar-refractivity contribution is 6.05. The van der Waals surface area contributed by atoms with Crippen LogP contribution in [-0.2, 0) is 22.7 Å². The Hall–Kier alpha value is -3.97. The molecule has 3 aromatic rings. The molecule has 1 atom stereocenters. The van der Waals surface area contributed by atoms with Gasteiger partial charge in [0.1, 0.15) is 6.61 Å². The highest BCUT2D eigenvalue weighted by Gasteiger charge is 2.52. The Kier molecular flexibility index (Phi) is 7.79. The molecule has 202 valence electrons. The van der Waals surface area contributed by atoms with Crippen molar-refractivity contribution in [2.45, 2.75) is 51.5 Å². The Bertz CT molecular complexity index is 1320. The number of carbonyl (C=O) groups excluding carboxylic acids is 3. The zero-order valence-electron chi connectivity index (χ0n) is 22.5. The summed E-state index contributed by atoms with van der Waals surface area (Å²) in [6, 6.07) is 26.0. The highest BCUT2D eigenvalue weighted by Crippen LogP contribution is 2.36. The van der Waals surface area contributed by atoms with Gasteiger partial charge in [0.2, 0.25) is 5.91 Å². The van der Waals surface area contributed by atoms with Crippen LogP contribution in [0.4, 0.5) is 0 Å². The topological polar surface area (TPSA) is 79.0 Å². The van der Waals surface area contributed by atoms with E-state index in [0.29, 0.717) is 38.0 Å². The summed E-state index contributed by atoms with van der Waals surface area (Å²) in [5.74, 6) is -0.451. The minimum absolute atomic E-state index is 0.111. The molecule has 7 heteroatoms. The number of nitrogens with zero attached hydrogens (tertiary/aromatic N) is 2. The molecular formula is C32H35N3O4. The standard InChI is InChI=1S/C32H35N3O4/c1-23(2)28-30(37)35(21-24-11-5-3-6-12-24)32(33-28)17-19-34(20-18-32)29(36)26-15-9-10-16-27(26)31(38)39-22-25-13-7-4-8-14-25/h3-16,23,28,33H,17-22H2,1-2H3. The van der Waals surface area contributed by atoms with Crippen LogP contribution in [0.15, 0.2) is 84.9 Å². The van der Waals surface area contributed by atoms with Crippen LogP contribution in [0.5, 0.6) is 0 Å². The molecular weight excluding hydrogens is 490 g/mol. The predicted molar refractivity (Wildman–Crippen MR) is 149 cm³/mol. The molecule has 1 spiro atoms. The summed E-state index contributed by atoms with van der Waals surface area (Å²) >= 11 is 0. The predicted octanol–water partition coefficient (Wildman–Crippen LogP) is 4.63. The molecule has 2 saturated heterocycles. The van der Waals surface area contributed by atoms with Crippen LogP contribution in [0, 0.1) is 5.92 Å². The summed E-state index contributed by atoms with van der Waals surface area (Å²) in [7, 11) is 0. The number of hydrogen-bond donors (Lipinski definition) is 1. The van der Waals surface area contributed by atoms with E-state index < -0.39 is 11.6 Å². The lowest BCUT2D eigenvalue weighted by atomic mass is 9.94. The van der Waals surface area contributed by atoms with Crippen LogP contribution < -0.4 is 5.32 Å². The second-order valence-corrected chi connectivity index (χ2v) is 10.7. The van der Waals surface area contributed by atoms with Crippen LogP contribution in [0.25, 0.3) is 0 Å². The Labute approximate surface area is 229 Å². The van der Waals surface area contributed by atoms with E-state index in [-0.39, 0.29) is 35.9 Å². The van der Waals surface area contributed by atoms with E-state index in [9.17, 15) is 14.4 Å². The van der Waals surface area contributed by atoms with Gasteiger partial charge >= 0.3 is 5.97 Å². The van der Waals surface area contributed by atoms with Crippen LogP contribution in [0.2, 0.25) is 0 Å². The molecule has 0 bridgehead atoms. The van der Waals surface area contributed by atoms with Crippen molar-refractivity contribution in [3.63, 3.8) is 0 Å². The van der Waals surface area contributed by atoms with Gasteiger partial charge in [0.05, 0.1) is 22.8 Å². The fraction of sp³-hybridized carbons (Fsp3) is 0.344. The van der Waals surface area contributed by atoms with Crippen molar-refractivity contribution >= 4 is 17.8 Å². The number of carbonyl (C=O) groups is 3. The van der Waals surface area contributed by atoms with Gasteiger partial charge in [-0.25, -0.2) is 4.79 Å². The first-order valence-corrected chi connectivity index (χ1v) is 13.6. The molecule has 1 N–H and O–H groups in total. The molecule has 2 aliphatic heterocycles. The van der Waals surface area contributed by atoms with Crippen LogP contribution in [0.1, 0.15) is 58.5 Å². The van der Waals surface area contributed by atoms with Crippen molar-refractivity contribution in [1.29, 1.82) is 0 Å². The minimum atomic E-state index is -0.520. The fourth-order valence-electron chi connectivity index (χ4n) is 5.57. The van der Waals surface area contributed by atoms with Gasteiger partial charge in [-0.15, -0.1) is 0 Å². The zero-order valence-corrected chi connectivity index (χ0v) is 22.5. The minimum Gasteiger partial charge on any atom is -0.457 e. The number of hydrogen-bond acceptors (Lipinski definition) is 5. The summed E-state index contributed by atoms with van der Waals surface area (Å²) < 4.78 is 5.52. The van der Waals surface area contributed by atoms with Crippen molar-refractivity contribution < 1.29 is 19.1 Å². The van der Waals surface area contributed by atoms with Gasteiger partial charge < -0.3 is 14.5 Å². The molecule has 2 heterocycles. The number of ether oxygens (including phenoxy) is 1. The summed E-state index contributed by atoms with van der Waals surface area (Å²) in [6.07, 6.45) is 1.22. The molecule has 2 fully saturated rings. The van der Waals surface area contributed by atoms with E-state index in [1.165, 1.54) is 0 Å². The lowest BCUT2D eigenvalue weighted by Gasteiger charge is -2.45. The molecule has 2 aliphatic rings. The monoisotopic (exact) mass is 525 g/mol. The van der Waals surface area contributed by atoms with Crippen LogP contribution in [-0.4, -0.2) is 52.4 Å². The first-order chi connectivity index (χ1) is 18.9. The third-order valence-electron chi connectivity index (χ3n) is 7.79. The van der Waals surface area contributed by atoms with Crippen LogP contribution in [0.3, 0.4) is 0 Å². The molecule has 1 unspecified atom stereocenters. The van der Waals surface area contributed by atoms with Crippen LogP contribution >= 0.6 is 0 Å². The average molecular weight is 526 g/mol. The summed E-state index contributed by atoms with van der Waals surface area (Å²) in [4.78, 5) is 43.8. The lowest BCUT2D eigenvalue weighted by Crippen LogP contribution is -2.59. The van der Waals surface area contributed by atoms with Crippen molar-refractivity contribution in [2.75, 3.05) is 13.1 Å². The maximum Gasteiger partial charge on any atom is 0.339 e. The maximum absolute atomic E-state index is 13.6. The van der Waals surface area contributed by atoms with Gasteiger partial charge in [-0.1, -0.05) is 86.6 Å². The number of piperidine rings is 1. The fourth-order valence-corrected chi connectivity index (χ4v) is 5.57. The SMILES string of the molecule is CC(C)C1NC2(CCN(C(=O)c3ccccc3C(=O)OCc3ccccc3)CC2)N(Cc2ccccc2)C1=O. The Morgan fingerprint density at radius 1 is 0.872 bits per heavy atom. The molecule has 2 amide bonds. The van der Waals surface area contributed by atoms with Gasteiger partial charge in [-0.3, -0.25) is 14.9 Å². The summed E-state index contributed by atoms with van der Waals surface area (Å²) in [5.41, 5.74) is 2.06. The molecule has 39 heavy (non-hydrogen) atoms. The van der Waals surface area contributed by atoms with E-state index in [0.717, 1.165) is 11.1 Å². The quantitative estimate of drug-likeness (QED) is 0.455. The molecule has 0 radical (unpaired) electrons. The Balaban J connectivity index is 1.30. The van der Waals surface area contributed by atoms with E-state index in [4.69, 9.17) is 4.74 Å². The van der Waals surface area contributed by atoms with Crippen molar-refractivity contribution in [3.05, 3.63) is 107 Å². The molecule has 0 aliphatic carbocycles. The molecule has 3 aromatic carbocycles. The molecule has 0 aromatic heterocycles. The largest absolute Gasteiger partial charge is 0.457 e. The van der Waals surface area contributed by atoms with Gasteiger partial charge in [-0.05, 0) is 29.2 Å². The van der Waals surface area contributed by atoms with Gasteiger partial charge in [-0.2, -0.15) is 0 Å². The lowest BCUT2D eigenvalue weighted by molar-refractivity contribution is -0.134. The smallest absolute Gasteiger partial charge is 0.339 e. The summed E-state index contributed by atoms with van der Waals surface area (Å²) in [5, 5.41) is 3.65. The number of nitrogens with one attached hydrogen (secondary N) is 1. The molecule has 5 rings (SSSR count). The van der Waals surface area contributed by atoms with Gasteiger partial charge in [0, 0.05) is 32.5 Å². The van der Waals surface area contributed by atoms with Gasteiger partial charge in [0.15, 0.2) is 0 Å². The maximum atomic E-state index is 13.6.